The first kappa shape index (κ1) is 9.97. The second-order valence-electron chi connectivity index (χ2n) is 4.48. The smallest absolute Gasteiger partial charge is 0.336 e. The minimum Gasteiger partial charge on any atom is -0.479 e. The molecule has 80 valence electrons. The summed E-state index contributed by atoms with van der Waals surface area (Å²) in [7, 11) is 0. The Kier molecular flexibility index (Phi) is 2.77. The molecule has 3 nitrogen and oxygen atoms in total. The highest BCUT2D eigenvalue weighted by Gasteiger charge is 2.49. The van der Waals surface area contributed by atoms with Crippen LogP contribution in [-0.2, 0) is 9.53 Å². The summed E-state index contributed by atoms with van der Waals surface area (Å²) >= 11 is 0. The maximum atomic E-state index is 11.3. The van der Waals surface area contributed by atoms with Gasteiger partial charge in [0.2, 0.25) is 0 Å². The molecule has 1 saturated carbocycles. The molecular weight excluding hydrogens is 180 g/mol. The van der Waals surface area contributed by atoms with E-state index in [1.807, 2.05) is 0 Å². The Morgan fingerprint density at radius 2 is 1.93 bits per heavy atom. The third kappa shape index (κ3) is 1.54. The van der Waals surface area contributed by atoms with Crippen LogP contribution < -0.4 is 0 Å². The molecule has 0 aromatic carbocycles. The minimum atomic E-state index is -0.819. The fraction of sp³-hybridized carbons (Fsp3) is 0.909. The van der Waals surface area contributed by atoms with Crippen LogP contribution in [0.5, 0.6) is 0 Å². The van der Waals surface area contributed by atoms with Gasteiger partial charge in [-0.25, -0.2) is 4.79 Å². The highest BCUT2D eigenvalue weighted by Crippen LogP contribution is 2.41. The molecule has 1 heterocycles. The lowest BCUT2D eigenvalue weighted by Crippen LogP contribution is -2.46. The summed E-state index contributed by atoms with van der Waals surface area (Å²) < 4.78 is 5.54. The van der Waals surface area contributed by atoms with Crippen LogP contribution in [0.25, 0.3) is 0 Å². The Labute approximate surface area is 84.4 Å². The lowest BCUT2D eigenvalue weighted by Gasteiger charge is -2.35. The van der Waals surface area contributed by atoms with Crippen LogP contribution in [0.3, 0.4) is 0 Å². The van der Waals surface area contributed by atoms with Gasteiger partial charge in [0.15, 0.2) is 5.60 Å². The maximum Gasteiger partial charge on any atom is 0.336 e. The average Bonchev–Trinajstić information content (AvgIpc) is 2.69. The molecule has 0 radical (unpaired) electrons. The zero-order valence-electron chi connectivity index (χ0n) is 8.50. The number of carboxylic acid groups (broad SMARTS) is 1. The maximum absolute atomic E-state index is 11.3. The van der Waals surface area contributed by atoms with Gasteiger partial charge in [-0.2, -0.15) is 0 Å². The van der Waals surface area contributed by atoms with Crippen molar-refractivity contribution in [3.05, 3.63) is 0 Å². The summed E-state index contributed by atoms with van der Waals surface area (Å²) in [5, 5.41) is 9.29. The van der Waals surface area contributed by atoms with Gasteiger partial charge in [-0.1, -0.05) is 19.3 Å². The van der Waals surface area contributed by atoms with Gasteiger partial charge in [0.05, 0.1) is 0 Å². The van der Waals surface area contributed by atoms with Crippen molar-refractivity contribution < 1.29 is 14.6 Å². The SMILES string of the molecule is O=C(O)C1(C2CCCCC2)CCCO1. The van der Waals surface area contributed by atoms with E-state index in [2.05, 4.69) is 0 Å². The van der Waals surface area contributed by atoms with Crippen molar-refractivity contribution in [1.29, 1.82) is 0 Å². The van der Waals surface area contributed by atoms with Crippen molar-refractivity contribution in [1.82, 2.24) is 0 Å². The molecule has 1 aliphatic carbocycles. The fourth-order valence-corrected chi connectivity index (χ4v) is 2.90. The molecule has 0 amide bonds. The van der Waals surface area contributed by atoms with Crippen LogP contribution in [-0.4, -0.2) is 23.3 Å². The van der Waals surface area contributed by atoms with Crippen molar-refractivity contribution in [2.24, 2.45) is 5.92 Å². The van der Waals surface area contributed by atoms with Gasteiger partial charge in [0, 0.05) is 6.61 Å². The Bertz CT molecular complexity index is 213. The first-order valence-electron chi connectivity index (χ1n) is 5.63. The van der Waals surface area contributed by atoms with E-state index in [-0.39, 0.29) is 5.92 Å². The third-order valence-corrected chi connectivity index (χ3v) is 3.68. The first-order valence-corrected chi connectivity index (χ1v) is 5.63. The molecular formula is C11H18O3. The van der Waals surface area contributed by atoms with Crippen LogP contribution in [0.4, 0.5) is 0 Å². The number of rotatable bonds is 2. The van der Waals surface area contributed by atoms with Crippen LogP contribution in [0.1, 0.15) is 44.9 Å². The summed E-state index contributed by atoms with van der Waals surface area (Å²) in [6, 6.07) is 0. The fourth-order valence-electron chi connectivity index (χ4n) is 2.90. The second kappa shape index (κ2) is 3.89. The average molecular weight is 198 g/mol. The Morgan fingerprint density at radius 3 is 2.43 bits per heavy atom. The van der Waals surface area contributed by atoms with E-state index in [4.69, 9.17) is 4.74 Å². The van der Waals surface area contributed by atoms with E-state index in [0.29, 0.717) is 13.0 Å². The molecule has 2 aliphatic rings. The Hall–Kier alpha value is -0.570. The Morgan fingerprint density at radius 1 is 1.21 bits per heavy atom. The van der Waals surface area contributed by atoms with Crippen LogP contribution in [0, 0.1) is 5.92 Å². The zero-order chi connectivity index (χ0) is 10.0. The van der Waals surface area contributed by atoms with E-state index in [1.54, 1.807) is 0 Å². The standard InChI is InChI=1S/C11H18O3/c12-10(13)11(7-4-8-14-11)9-5-2-1-3-6-9/h9H,1-8H2,(H,12,13). The molecule has 1 N–H and O–H groups in total. The summed E-state index contributed by atoms with van der Waals surface area (Å²) in [6.07, 6.45) is 7.28. The normalized spacial score (nSPS) is 34.6. The summed E-state index contributed by atoms with van der Waals surface area (Å²) in [4.78, 5) is 11.3. The Balaban J connectivity index is 2.12. The molecule has 14 heavy (non-hydrogen) atoms. The number of hydrogen-bond acceptors (Lipinski definition) is 2. The summed E-state index contributed by atoms with van der Waals surface area (Å²) in [6.45, 7) is 0.628. The van der Waals surface area contributed by atoms with E-state index in [1.165, 1.54) is 19.3 Å². The first-order chi connectivity index (χ1) is 6.76. The van der Waals surface area contributed by atoms with Crippen LogP contribution in [0.2, 0.25) is 0 Å². The van der Waals surface area contributed by atoms with Crippen LogP contribution >= 0.6 is 0 Å². The number of hydrogen-bond donors (Lipinski definition) is 1. The number of aliphatic carboxylic acids is 1. The van der Waals surface area contributed by atoms with Gasteiger partial charge < -0.3 is 9.84 Å². The van der Waals surface area contributed by atoms with Gasteiger partial charge in [0.25, 0.3) is 0 Å². The quantitative estimate of drug-likeness (QED) is 0.740. The van der Waals surface area contributed by atoms with Crippen molar-refractivity contribution in [3.8, 4) is 0 Å². The number of carboxylic acids is 1. The highest BCUT2D eigenvalue weighted by atomic mass is 16.5. The molecule has 2 fully saturated rings. The van der Waals surface area contributed by atoms with E-state index < -0.39 is 11.6 Å². The topological polar surface area (TPSA) is 46.5 Å². The summed E-state index contributed by atoms with van der Waals surface area (Å²) in [5.74, 6) is -0.474. The second-order valence-corrected chi connectivity index (χ2v) is 4.48. The van der Waals surface area contributed by atoms with E-state index >= 15 is 0 Å². The van der Waals surface area contributed by atoms with E-state index in [9.17, 15) is 9.90 Å². The zero-order valence-corrected chi connectivity index (χ0v) is 8.50. The largest absolute Gasteiger partial charge is 0.479 e. The van der Waals surface area contributed by atoms with Crippen molar-refractivity contribution in [2.75, 3.05) is 6.61 Å². The third-order valence-electron chi connectivity index (χ3n) is 3.68. The van der Waals surface area contributed by atoms with E-state index in [0.717, 1.165) is 19.3 Å². The predicted octanol–water partition coefficient (Wildman–Crippen LogP) is 2.20. The molecule has 3 heteroatoms. The van der Waals surface area contributed by atoms with Gasteiger partial charge in [-0.05, 0) is 31.6 Å². The van der Waals surface area contributed by atoms with Crippen molar-refractivity contribution >= 4 is 5.97 Å². The molecule has 0 spiro atoms. The van der Waals surface area contributed by atoms with Crippen molar-refractivity contribution in [2.45, 2.75) is 50.5 Å². The molecule has 2 rings (SSSR count). The lowest BCUT2D eigenvalue weighted by molar-refractivity contribution is -0.168. The molecule has 1 unspecified atom stereocenters. The minimum absolute atomic E-state index is 0.260. The molecule has 0 aromatic rings. The van der Waals surface area contributed by atoms with Gasteiger partial charge in [-0.3, -0.25) is 0 Å². The summed E-state index contributed by atoms with van der Waals surface area (Å²) in [5.41, 5.74) is -0.819. The molecule has 0 bridgehead atoms. The van der Waals surface area contributed by atoms with Gasteiger partial charge in [-0.15, -0.1) is 0 Å². The van der Waals surface area contributed by atoms with Gasteiger partial charge in [0.1, 0.15) is 0 Å². The van der Waals surface area contributed by atoms with Crippen LogP contribution in [0.15, 0.2) is 0 Å². The molecule has 1 atom stereocenters. The lowest BCUT2D eigenvalue weighted by atomic mass is 9.75. The predicted molar refractivity (Wildman–Crippen MR) is 52.1 cm³/mol. The number of carbonyl (C=O) groups is 1. The van der Waals surface area contributed by atoms with Gasteiger partial charge >= 0.3 is 5.97 Å². The monoisotopic (exact) mass is 198 g/mol. The number of ether oxygens (including phenoxy) is 1. The molecule has 1 saturated heterocycles. The molecule has 0 aromatic heterocycles. The van der Waals surface area contributed by atoms with Crippen molar-refractivity contribution in [3.63, 3.8) is 0 Å². The molecule has 1 aliphatic heterocycles. The highest BCUT2D eigenvalue weighted by molar-refractivity contribution is 5.78.